The zero-order chi connectivity index (χ0) is 13.9. The number of hydrogen-bond acceptors (Lipinski definition) is 2. The molecule has 1 heterocycles. The lowest BCUT2D eigenvalue weighted by molar-refractivity contribution is -0.153. The van der Waals surface area contributed by atoms with E-state index in [0.717, 1.165) is 19.3 Å². The molecular weight excluding hydrogens is 240 g/mol. The van der Waals surface area contributed by atoms with Crippen molar-refractivity contribution in [2.24, 2.45) is 17.3 Å². The molecule has 0 aromatic heterocycles. The lowest BCUT2D eigenvalue weighted by Gasteiger charge is -2.42. The summed E-state index contributed by atoms with van der Waals surface area (Å²) >= 11 is 0. The van der Waals surface area contributed by atoms with E-state index < -0.39 is 0 Å². The number of nitrogens with one attached hydrogen (secondary N) is 1. The van der Waals surface area contributed by atoms with Crippen LogP contribution in [0.4, 0.5) is 0 Å². The summed E-state index contributed by atoms with van der Waals surface area (Å²) in [5, 5.41) is 2.97. The van der Waals surface area contributed by atoms with Gasteiger partial charge in [0.15, 0.2) is 0 Å². The number of hydrogen-bond donors (Lipinski definition) is 1. The molecule has 3 atom stereocenters. The molecule has 0 radical (unpaired) electrons. The van der Waals surface area contributed by atoms with E-state index in [1.54, 1.807) is 0 Å². The van der Waals surface area contributed by atoms with Crippen LogP contribution < -0.4 is 5.32 Å². The van der Waals surface area contributed by atoms with Gasteiger partial charge in [-0.3, -0.25) is 9.59 Å². The average Bonchev–Trinajstić information content (AvgIpc) is 3.18. The monoisotopic (exact) mass is 264 g/mol. The van der Waals surface area contributed by atoms with E-state index in [1.165, 1.54) is 0 Å². The highest BCUT2D eigenvalue weighted by atomic mass is 16.2. The zero-order valence-electron chi connectivity index (χ0n) is 12.3. The molecule has 2 saturated carbocycles. The summed E-state index contributed by atoms with van der Waals surface area (Å²) in [5.41, 5.74) is 0.175. The number of carbonyl (C=O) groups is 2. The fourth-order valence-electron chi connectivity index (χ4n) is 3.36. The summed E-state index contributed by atoms with van der Waals surface area (Å²) in [7, 11) is 0. The van der Waals surface area contributed by atoms with Crippen molar-refractivity contribution >= 4 is 11.8 Å². The average molecular weight is 264 g/mol. The molecule has 4 heteroatoms. The molecule has 3 unspecified atom stereocenters. The van der Waals surface area contributed by atoms with Gasteiger partial charge in [-0.05, 0) is 36.5 Å². The van der Waals surface area contributed by atoms with Gasteiger partial charge in [0.1, 0.15) is 12.1 Å². The van der Waals surface area contributed by atoms with E-state index in [9.17, 15) is 9.59 Å². The molecule has 1 saturated heterocycles. The highest BCUT2D eigenvalue weighted by molar-refractivity contribution is 5.98. The predicted molar refractivity (Wildman–Crippen MR) is 72.3 cm³/mol. The van der Waals surface area contributed by atoms with E-state index in [2.05, 4.69) is 19.2 Å². The molecule has 4 nitrogen and oxygen atoms in total. The molecule has 0 aromatic carbocycles. The van der Waals surface area contributed by atoms with Crippen molar-refractivity contribution in [1.29, 1.82) is 0 Å². The van der Waals surface area contributed by atoms with Gasteiger partial charge in [-0.15, -0.1) is 0 Å². The second-order valence-electron chi connectivity index (χ2n) is 7.47. The van der Waals surface area contributed by atoms with Crippen molar-refractivity contribution in [3.63, 3.8) is 0 Å². The first-order valence-electron chi connectivity index (χ1n) is 7.45. The Balaban J connectivity index is 1.88. The molecule has 1 N–H and O–H groups in total. The standard InChI is InChI=1S/C15H24N2O2/c1-8(2)12-13(18)16-11(9-5-6-9)14(19)17(12)10-7-15(10,3)4/h8-12H,5-7H2,1-4H3,(H,16,18). The lowest BCUT2D eigenvalue weighted by Crippen LogP contribution is -2.66. The first-order valence-corrected chi connectivity index (χ1v) is 7.45. The molecule has 2 amide bonds. The van der Waals surface area contributed by atoms with Crippen molar-refractivity contribution in [3.05, 3.63) is 0 Å². The number of nitrogens with zero attached hydrogens (tertiary/aromatic N) is 1. The number of rotatable bonds is 3. The second kappa shape index (κ2) is 3.97. The fraction of sp³-hybridized carbons (Fsp3) is 0.867. The maximum absolute atomic E-state index is 12.7. The van der Waals surface area contributed by atoms with Crippen LogP contribution in [0.1, 0.15) is 47.0 Å². The Morgan fingerprint density at radius 2 is 1.84 bits per heavy atom. The first kappa shape index (κ1) is 12.9. The maximum atomic E-state index is 12.7. The van der Waals surface area contributed by atoms with Crippen LogP contribution in [0.3, 0.4) is 0 Å². The molecule has 2 aliphatic carbocycles. The van der Waals surface area contributed by atoms with Gasteiger partial charge in [0.2, 0.25) is 11.8 Å². The van der Waals surface area contributed by atoms with Gasteiger partial charge in [0.25, 0.3) is 0 Å². The molecule has 0 aromatic rings. The Labute approximate surface area is 114 Å². The van der Waals surface area contributed by atoms with Gasteiger partial charge >= 0.3 is 0 Å². The summed E-state index contributed by atoms with van der Waals surface area (Å²) in [6.07, 6.45) is 3.17. The minimum atomic E-state index is -0.283. The first-order chi connectivity index (χ1) is 8.83. The third kappa shape index (κ3) is 2.05. The van der Waals surface area contributed by atoms with Gasteiger partial charge in [-0.25, -0.2) is 0 Å². The van der Waals surface area contributed by atoms with Crippen molar-refractivity contribution < 1.29 is 9.59 Å². The van der Waals surface area contributed by atoms with E-state index >= 15 is 0 Å². The lowest BCUT2D eigenvalue weighted by atomic mass is 9.94. The zero-order valence-corrected chi connectivity index (χ0v) is 12.3. The Kier molecular flexibility index (Phi) is 2.70. The summed E-state index contributed by atoms with van der Waals surface area (Å²) in [4.78, 5) is 27.0. The minimum absolute atomic E-state index is 0.0502. The van der Waals surface area contributed by atoms with Crippen LogP contribution >= 0.6 is 0 Å². The van der Waals surface area contributed by atoms with Gasteiger partial charge in [0, 0.05) is 6.04 Å². The predicted octanol–water partition coefficient (Wildman–Crippen LogP) is 1.55. The highest BCUT2D eigenvalue weighted by Gasteiger charge is 2.58. The largest absolute Gasteiger partial charge is 0.342 e. The molecule has 1 aliphatic heterocycles. The number of piperazine rings is 1. The Hall–Kier alpha value is -1.06. The highest BCUT2D eigenvalue weighted by Crippen LogP contribution is 2.51. The van der Waals surface area contributed by atoms with Gasteiger partial charge in [0.05, 0.1) is 0 Å². The molecule has 3 aliphatic rings. The van der Waals surface area contributed by atoms with Crippen molar-refractivity contribution in [3.8, 4) is 0 Å². The normalized spacial score (nSPS) is 37.5. The van der Waals surface area contributed by atoms with Crippen molar-refractivity contribution in [2.75, 3.05) is 0 Å². The quantitative estimate of drug-likeness (QED) is 0.840. The van der Waals surface area contributed by atoms with Crippen LogP contribution in [-0.2, 0) is 9.59 Å². The van der Waals surface area contributed by atoms with E-state index in [0.29, 0.717) is 5.92 Å². The van der Waals surface area contributed by atoms with Gasteiger partial charge < -0.3 is 10.2 Å². The fourth-order valence-corrected chi connectivity index (χ4v) is 3.36. The molecule has 19 heavy (non-hydrogen) atoms. The third-order valence-electron chi connectivity index (χ3n) is 4.91. The smallest absolute Gasteiger partial charge is 0.246 e. The van der Waals surface area contributed by atoms with E-state index in [4.69, 9.17) is 0 Å². The minimum Gasteiger partial charge on any atom is -0.342 e. The molecule has 0 bridgehead atoms. The summed E-state index contributed by atoms with van der Waals surface area (Å²) < 4.78 is 0. The second-order valence-corrected chi connectivity index (χ2v) is 7.47. The van der Waals surface area contributed by atoms with Crippen LogP contribution in [-0.4, -0.2) is 34.8 Å². The van der Waals surface area contributed by atoms with Gasteiger partial charge in [-0.2, -0.15) is 0 Å². The Bertz CT molecular complexity index is 426. The number of carbonyl (C=O) groups excluding carboxylic acids is 2. The van der Waals surface area contributed by atoms with Crippen LogP contribution in [0.25, 0.3) is 0 Å². The SMILES string of the molecule is CC(C)C1C(=O)NC(C2CC2)C(=O)N1C1CC1(C)C. The number of amides is 2. The summed E-state index contributed by atoms with van der Waals surface area (Å²) in [6, 6.07) is -0.284. The molecular formula is C15H24N2O2. The van der Waals surface area contributed by atoms with Gasteiger partial charge in [-0.1, -0.05) is 27.7 Å². The topological polar surface area (TPSA) is 49.4 Å². The molecule has 106 valence electrons. The van der Waals surface area contributed by atoms with E-state index in [-0.39, 0.29) is 41.3 Å². The van der Waals surface area contributed by atoms with Crippen molar-refractivity contribution in [2.45, 2.75) is 65.1 Å². The Morgan fingerprint density at radius 1 is 1.26 bits per heavy atom. The van der Waals surface area contributed by atoms with Crippen molar-refractivity contribution in [1.82, 2.24) is 10.2 Å². The molecule has 3 rings (SSSR count). The van der Waals surface area contributed by atoms with Crippen LogP contribution in [0.2, 0.25) is 0 Å². The summed E-state index contributed by atoms with van der Waals surface area (Å²) in [6.45, 7) is 8.41. The summed E-state index contributed by atoms with van der Waals surface area (Å²) in [5.74, 6) is 0.764. The maximum Gasteiger partial charge on any atom is 0.246 e. The Morgan fingerprint density at radius 3 is 2.26 bits per heavy atom. The van der Waals surface area contributed by atoms with Crippen LogP contribution in [0, 0.1) is 17.3 Å². The third-order valence-corrected chi connectivity index (χ3v) is 4.91. The van der Waals surface area contributed by atoms with Crippen LogP contribution in [0.5, 0.6) is 0 Å². The van der Waals surface area contributed by atoms with E-state index in [1.807, 2.05) is 18.7 Å². The molecule has 3 fully saturated rings. The molecule has 0 spiro atoms. The van der Waals surface area contributed by atoms with Crippen LogP contribution in [0.15, 0.2) is 0 Å².